The van der Waals surface area contributed by atoms with Gasteiger partial charge in [0.15, 0.2) is 0 Å². The van der Waals surface area contributed by atoms with Crippen molar-refractivity contribution in [3.8, 4) is 0 Å². The Bertz CT molecular complexity index is 161. The molecule has 0 aromatic rings. The zero-order valence-corrected chi connectivity index (χ0v) is 10.2. The van der Waals surface area contributed by atoms with E-state index in [-0.39, 0.29) is 6.10 Å². The average Bonchev–Trinajstić information content (AvgIpc) is 2.19. The van der Waals surface area contributed by atoms with Gasteiger partial charge in [-0.25, -0.2) is 0 Å². The predicted molar refractivity (Wildman–Crippen MR) is 63.9 cm³/mol. The molecule has 0 aromatic heterocycles. The fraction of sp³-hybridized carbons (Fsp3) is 1.00. The highest BCUT2D eigenvalue weighted by molar-refractivity contribution is 7.80. The molecule has 1 aliphatic rings. The van der Waals surface area contributed by atoms with Crippen molar-refractivity contribution < 1.29 is 5.11 Å². The van der Waals surface area contributed by atoms with Gasteiger partial charge in [0, 0.05) is 13.1 Å². The Morgan fingerprint density at radius 3 is 2.79 bits per heavy atom. The molecule has 3 heteroatoms. The summed E-state index contributed by atoms with van der Waals surface area (Å²) >= 11 is 4.35. The maximum Gasteiger partial charge on any atom is 0.0693 e. The fourth-order valence-corrected chi connectivity index (χ4v) is 2.33. The lowest BCUT2D eigenvalue weighted by molar-refractivity contribution is 0.0239. The van der Waals surface area contributed by atoms with Crippen LogP contribution in [0.15, 0.2) is 0 Å². The summed E-state index contributed by atoms with van der Waals surface area (Å²) in [7, 11) is 0. The molecule has 1 N–H and O–H groups in total. The topological polar surface area (TPSA) is 23.5 Å². The van der Waals surface area contributed by atoms with E-state index in [1.807, 2.05) is 0 Å². The second-order valence-electron chi connectivity index (χ2n) is 4.55. The molecule has 84 valence electrons. The van der Waals surface area contributed by atoms with Gasteiger partial charge in [0.25, 0.3) is 0 Å². The van der Waals surface area contributed by atoms with Gasteiger partial charge in [-0.1, -0.05) is 20.3 Å². The van der Waals surface area contributed by atoms with E-state index in [2.05, 4.69) is 31.4 Å². The minimum atomic E-state index is -0.124. The number of rotatable bonds is 4. The lowest BCUT2D eigenvalue weighted by atomic mass is 9.95. The van der Waals surface area contributed by atoms with Crippen LogP contribution in [-0.2, 0) is 0 Å². The van der Waals surface area contributed by atoms with Crippen molar-refractivity contribution in [2.75, 3.05) is 25.4 Å². The summed E-state index contributed by atoms with van der Waals surface area (Å²) in [5.74, 6) is 2.11. The molecule has 0 aromatic carbocycles. The van der Waals surface area contributed by atoms with E-state index in [0.29, 0.717) is 11.8 Å². The molecular weight excluding hydrogens is 194 g/mol. The number of aliphatic hydroxyl groups excluding tert-OH is 1. The van der Waals surface area contributed by atoms with Crippen LogP contribution in [-0.4, -0.2) is 41.5 Å². The van der Waals surface area contributed by atoms with E-state index in [4.69, 9.17) is 0 Å². The Balaban J connectivity index is 2.32. The second kappa shape index (κ2) is 5.99. The Morgan fingerprint density at radius 2 is 2.29 bits per heavy atom. The number of hydrogen-bond acceptors (Lipinski definition) is 3. The first-order valence-corrected chi connectivity index (χ1v) is 6.31. The normalized spacial score (nSPS) is 31.7. The smallest absolute Gasteiger partial charge is 0.0693 e. The molecule has 14 heavy (non-hydrogen) atoms. The summed E-state index contributed by atoms with van der Waals surface area (Å²) < 4.78 is 0. The molecule has 0 radical (unpaired) electrons. The molecule has 3 unspecified atom stereocenters. The number of aliphatic hydroxyl groups is 1. The van der Waals surface area contributed by atoms with E-state index < -0.39 is 0 Å². The second-order valence-corrected chi connectivity index (χ2v) is 4.91. The molecule has 0 amide bonds. The molecule has 0 saturated carbocycles. The van der Waals surface area contributed by atoms with E-state index in [0.717, 1.165) is 31.8 Å². The molecule has 0 aliphatic carbocycles. The molecule has 1 saturated heterocycles. The highest BCUT2D eigenvalue weighted by atomic mass is 32.1. The number of β-amino-alcohol motifs (C(OH)–C–C–N with tert-alkyl or cyclic N) is 1. The lowest BCUT2D eigenvalue weighted by Crippen LogP contribution is -2.44. The zero-order valence-electron chi connectivity index (χ0n) is 9.32. The van der Waals surface area contributed by atoms with Crippen LogP contribution >= 0.6 is 12.6 Å². The summed E-state index contributed by atoms with van der Waals surface area (Å²) in [5.41, 5.74) is 0. The predicted octanol–water partition coefficient (Wildman–Crippen LogP) is 1.65. The Kier molecular flexibility index (Phi) is 5.28. The van der Waals surface area contributed by atoms with Gasteiger partial charge in [0.05, 0.1) is 6.10 Å². The zero-order chi connectivity index (χ0) is 10.6. The summed E-state index contributed by atoms with van der Waals surface area (Å²) in [5, 5.41) is 9.75. The summed E-state index contributed by atoms with van der Waals surface area (Å²) in [6.07, 6.45) is 2.19. The van der Waals surface area contributed by atoms with Gasteiger partial charge in [-0.15, -0.1) is 0 Å². The van der Waals surface area contributed by atoms with Gasteiger partial charge >= 0.3 is 0 Å². The fourth-order valence-electron chi connectivity index (χ4n) is 1.96. The molecular formula is C11H23NOS. The van der Waals surface area contributed by atoms with Crippen molar-refractivity contribution in [3.63, 3.8) is 0 Å². The Labute approximate surface area is 93.1 Å². The summed E-state index contributed by atoms with van der Waals surface area (Å²) in [6, 6.07) is 0. The molecule has 1 aliphatic heterocycles. The van der Waals surface area contributed by atoms with Crippen molar-refractivity contribution in [3.05, 3.63) is 0 Å². The van der Waals surface area contributed by atoms with Crippen LogP contribution in [0.25, 0.3) is 0 Å². The SMILES string of the molecule is CCC(CS)CN1CCC(C)C(O)C1. The van der Waals surface area contributed by atoms with Gasteiger partial charge in [-0.05, 0) is 30.6 Å². The van der Waals surface area contributed by atoms with Gasteiger partial charge < -0.3 is 10.0 Å². The third kappa shape index (κ3) is 3.44. The molecule has 2 nitrogen and oxygen atoms in total. The highest BCUT2D eigenvalue weighted by Gasteiger charge is 2.24. The van der Waals surface area contributed by atoms with Gasteiger partial charge in [0.1, 0.15) is 0 Å². The first-order valence-electron chi connectivity index (χ1n) is 5.68. The summed E-state index contributed by atoms with van der Waals surface area (Å²) in [6.45, 7) is 7.44. The number of likely N-dealkylation sites (tertiary alicyclic amines) is 1. The maximum absolute atomic E-state index is 9.75. The average molecular weight is 217 g/mol. The third-order valence-corrected chi connectivity index (χ3v) is 3.87. The number of hydrogen-bond donors (Lipinski definition) is 2. The van der Waals surface area contributed by atoms with Crippen molar-refractivity contribution in [2.45, 2.75) is 32.8 Å². The van der Waals surface area contributed by atoms with Gasteiger partial charge in [-0.2, -0.15) is 12.6 Å². The molecule has 1 fully saturated rings. The van der Waals surface area contributed by atoms with Crippen LogP contribution < -0.4 is 0 Å². The van der Waals surface area contributed by atoms with Crippen LogP contribution in [0.1, 0.15) is 26.7 Å². The van der Waals surface area contributed by atoms with E-state index in [1.165, 1.54) is 6.42 Å². The number of piperidine rings is 1. The maximum atomic E-state index is 9.75. The van der Waals surface area contributed by atoms with Crippen LogP contribution in [0, 0.1) is 11.8 Å². The largest absolute Gasteiger partial charge is 0.392 e. The standard InChI is InChI=1S/C11H23NOS/c1-3-10(8-14)6-12-5-4-9(2)11(13)7-12/h9-11,13-14H,3-8H2,1-2H3. The summed E-state index contributed by atoms with van der Waals surface area (Å²) in [4.78, 5) is 2.38. The first-order chi connectivity index (χ1) is 6.67. The van der Waals surface area contributed by atoms with E-state index in [9.17, 15) is 5.11 Å². The Morgan fingerprint density at radius 1 is 1.57 bits per heavy atom. The lowest BCUT2D eigenvalue weighted by Gasteiger charge is -2.35. The number of thiol groups is 1. The minimum Gasteiger partial charge on any atom is -0.392 e. The highest BCUT2D eigenvalue weighted by Crippen LogP contribution is 2.18. The van der Waals surface area contributed by atoms with Gasteiger partial charge in [0.2, 0.25) is 0 Å². The first kappa shape index (κ1) is 12.3. The molecule has 1 heterocycles. The van der Waals surface area contributed by atoms with Crippen molar-refractivity contribution in [2.24, 2.45) is 11.8 Å². The van der Waals surface area contributed by atoms with Crippen LogP contribution in [0.5, 0.6) is 0 Å². The quantitative estimate of drug-likeness (QED) is 0.700. The monoisotopic (exact) mass is 217 g/mol. The molecule has 0 bridgehead atoms. The van der Waals surface area contributed by atoms with E-state index >= 15 is 0 Å². The van der Waals surface area contributed by atoms with E-state index in [1.54, 1.807) is 0 Å². The van der Waals surface area contributed by atoms with Crippen LogP contribution in [0.3, 0.4) is 0 Å². The minimum absolute atomic E-state index is 0.124. The molecule has 1 rings (SSSR count). The molecule has 3 atom stereocenters. The Hall–Kier alpha value is 0.270. The number of nitrogens with zero attached hydrogens (tertiary/aromatic N) is 1. The van der Waals surface area contributed by atoms with Crippen molar-refractivity contribution >= 4 is 12.6 Å². The van der Waals surface area contributed by atoms with Crippen LogP contribution in [0.4, 0.5) is 0 Å². The third-order valence-electron chi connectivity index (χ3n) is 3.35. The van der Waals surface area contributed by atoms with Crippen LogP contribution in [0.2, 0.25) is 0 Å². The van der Waals surface area contributed by atoms with Crippen molar-refractivity contribution in [1.29, 1.82) is 0 Å². The van der Waals surface area contributed by atoms with Crippen molar-refractivity contribution in [1.82, 2.24) is 4.90 Å². The molecule has 0 spiro atoms. The van der Waals surface area contributed by atoms with Gasteiger partial charge in [-0.3, -0.25) is 0 Å².